The predicted molar refractivity (Wildman–Crippen MR) is 76.1 cm³/mol. The standard InChI is InChI=1S/C15H29NO3/c1-18-12-13-19-11-5-10-16-15(17)9-8-14-6-3-2-4-7-14/h14H,2-13H2,1H3,(H,16,17). The van der Waals surface area contributed by atoms with Gasteiger partial charge in [-0.2, -0.15) is 0 Å². The first kappa shape index (κ1) is 16.4. The molecule has 19 heavy (non-hydrogen) atoms. The Labute approximate surface area is 117 Å². The molecule has 0 atom stereocenters. The largest absolute Gasteiger partial charge is 0.382 e. The van der Waals surface area contributed by atoms with Crippen molar-refractivity contribution >= 4 is 5.91 Å². The third-order valence-electron chi connectivity index (χ3n) is 3.72. The molecule has 1 fully saturated rings. The molecular formula is C15H29NO3. The molecule has 0 aliphatic heterocycles. The molecule has 0 bridgehead atoms. The van der Waals surface area contributed by atoms with Gasteiger partial charge in [0.15, 0.2) is 0 Å². The molecular weight excluding hydrogens is 242 g/mol. The summed E-state index contributed by atoms with van der Waals surface area (Å²) in [6.07, 6.45) is 9.35. The molecule has 0 aromatic carbocycles. The summed E-state index contributed by atoms with van der Waals surface area (Å²) in [5.74, 6) is 0.986. The zero-order valence-corrected chi connectivity index (χ0v) is 12.3. The van der Waals surface area contributed by atoms with E-state index in [2.05, 4.69) is 5.32 Å². The van der Waals surface area contributed by atoms with Crippen LogP contribution in [0.5, 0.6) is 0 Å². The second-order valence-electron chi connectivity index (χ2n) is 5.35. The van der Waals surface area contributed by atoms with E-state index in [0.29, 0.717) is 26.2 Å². The first-order valence-corrected chi connectivity index (χ1v) is 7.66. The Morgan fingerprint density at radius 1 is 1.16 bits per heavy atom. The Hall–Kier alpha value is -0.610. The third kappa shape index (κ3) is 9.00. The summed E-state index contributed by atoms with van der Waals surface area (Å²) in [5.41, 5.74) is 0. The van der Waals surface area contributed by atoms with Crippen molar-refractivity contribution in [3.05, 3.63) is 0 Å². The van der Waals surface area contributed by atoms with E-state index in [-0.39, 0.29) is 5.91 Å². The number of hydrogen-bond donors (Lipinski definition) is 1. The van der Waals surface area contributed by atoms with Gasteiger partial charge in [-0.15, -0.1) is 0 Å². The summed E-state index contributed by atoms with van der Waals surface area (Å²) in [7, 11) is 1.66. The maximum absolute atomic E-state index is 11.6. The molecule has 1 saturated carbocycles. The molecule has 1 aliphatic rings. The number of nitrogens with one attached hydrogen (secondary N) is 1. The molecule has 1 amide bonds. The van der Waals surface area contributed by atoms with Gasteiger partial charge in [0.05, 0.1) is 13.2 Å². The minimum atomic E-state index is 0.197. The van der Waals surface area contributed by atoms with Gasteiger partial charge >= 0.3 is 0 Å². The van der Waals surface area contributed by atoms with E-state index in [0.717, 1.165) is 25.3 Å². The monoisotopic (exact) mass is 271 g/mol. The normalized spacial score (nSPS) is 16.5. The van der Waals surface area contributed by atoms with Crippen LogP contribution in [-0.2, 0) is 14.3 Å². The quantitative estimate of drug-likeness (QED) is 0.621. The average molecular weight is 271 g/mol. The zero-order valence-electron chi connectivity index (χ0n) is 12.3. The molecule has 4 nitrogen and oxygen atoms in total. The second kappa shape index (κ2) is 11.2. The summed E-state index contributed by atoms with van der Waals surface area (Å²) in [6.45, 7) is 2.67. The first-order chi connectivity index (χ1) is 9.33. The summed E-state index contributed by atoms with van der Waals surface area (Å²) in [4.78, 5) is 11.6. The SMILES string of the molecule is COCCOCCCNC(=O)CCC1CCCCC1. The van der Waals surface area contributed by atoms with Crippen molar-refractivity contribution in [2.24, 2.45) is 5.92 Å². The molecule has 0 unspecified atom stereocenters. The molecule has 0 saturated heterocycles. The van der Waals surface area contributed by atoms with Crippen molar-refractivity contribution in [3.63, 3.8) is 0 Å². The molecule has 1 rings (SSSR count). The Bertz CT molecular complexity index is 227. The van der Waals surface area contributed by atoms with Gasteiger partial charge in [0, 0.05) is 26.7 Å². The fraction of sp³-hybridized carbons (Fsp3) is 0.933. The number of rotatable bonds is 10. The van der Waals surface area contributed by atoms with Crippen LogP contribution in [0, 0.1) is 5.92 Å². The highest BCUT2D eigenvalue weighted by Gasteiger charge is 2.14. The zero-order chi connectivity index (χ0) is 13.8. The highest BCUT2D eigenvalue weighted by molar-refractivity contribution is 5.75. The summed E-state index contributed by atoms with van der Waals surface area (Å²) in [5, 5.41) is 2.96. The fourth-order valence-electron chi connectivity index (χ4n) is 2.55. The maximum Gasteiger partial charge on any atom is 0.220 e. The molecule has 0 radical (unpaired) electrons. The van der Waals surface area contributed by atoms with Gasteiger partial charge in [-0.3, -0.25) is 4.79 Å². The number of methoxy groups -OCH3 is 1. The highest BCUT2D eigenvalue weighted by Crippen LogP contribution is 2.27. The van der Waals surface area contributed by atoms with E-state index in [1.54, 1.807) is 7.11 Å². The van der Waals surface area contributed by atoms with E-state index in [1.807, 2.05) is 0 Å². The second-order valence-corrected chi connectivity index (χ2v) is 5.35. The minimum absolute atomic E-state index is 0.197. The van der Waals surface area contributed by atoms with E-state index < -0.39 is 0 Å². The lowest BCUT2D eigenvalue weighted by Gasteiger charge is -2.20. The van der Waals surface area contributed by atoms with Crippen LogP contribution in [0.25, 0.3) is 0 Å². The number of amides is 1. The van der Waals surface area contributed by atoms with Gasteiger partial charge in [0.25, 0.3) is 0 Å². The number of hydrogen-bond acceptors (Lipinski definition) is 3. The fourth-order valence-corrected chi connectivity index (χ4v) is 2.55. The topological polar surface area (TPSA) is 47.6 Å². The summed E-state index contributed by atoms with van der Waals surface area (Å²) >= 11 is 0. The van der Waals surface area contributed by atoms with Crippen molar-refractivity contribution in [1.29, 1.82) is 0 Å². The minimum Gasteiger partial charge on any atom is -0.382 e. The van der Waals surface area contributed by atoms with E-state index in [1.165, 1.54) is 32.1 Å². The molecule has 0 aromatic heterocycles. The van der Waals surface area contributed by atoms with Crippen molar-refractivity contribution < 1.29 is 14.3 Å². The van der Waals surface area contributed by atoms with Crippen LogP contribution < -0.4 is 5.32 Å². The molecule has 112 valence electrons. The third-order valence-corrected chi connectivity index (χ3v) is 3.72. The van der Waals surface area contributed by atoms with E-state index in [9.17, 15) is 4.79 Å². The lowest BCUT2D eigenvalue weighted by atomic mass is 9.86. The van der Waals surface area contributed by atoms with Gasteiger partial charge in [0.2, 0.25) is 5.91 Å². The van der Waals surface area contributed by atoms with E-state index in [4.69, 9.17) is 9.47 Å². The van der Waals surface area contributed by atoms with E-state index >= 15 is 0 Å². The summed E-state index contributed by atoms with van der Waals surface area (Å²) < 4.78 is 10.2. The highest BCUT2D eigenvalue weighted by atomic mass is 16.5. The smallest absolute Gasteiger partial charge is 0.220 e. The molecule has 0 spiro atoms. The van der Waals surface area contributed by atoms with Crippen LogP contribution >= 0.6 is 0 Å². The lowest BCUT2D eigenvalue weighted by Crippen LogP contribution is -2.26. The summed E-state index contributed by atoms with van der Waals surface area (Å²) in [6, 6.07) is 0. The van der Waals surface area contributed by atoms with Crippen LogP contribution in [-0.4, -0.2) is 39.4 Å². The molecule has 4 heteroatoms. The van der Waals surface area contributed by atoms with Gasteiger partial charge in [-0.25, -0.2) is 0 Å². The van der Waals surface area contributed by atoms with Gasteiger partial charge in [-0.1, -0.05) is 32.1 Å². The average Bonchev–Trinajstić information content (AvgIpc) is 2.45. The van der Waals surface area contributed by atoms with Gasteiger partial charge < -0.3 is 14.8 Å². The number of ether oxygens (including phenoxy) is 2. The van der Waals surface area contributed by atoms with Crippen LogP contribution in [0.2, 0.25) is 0 Å². The Kier molecular flexibility index (Phi) is 9.72. The Morgan fingerprint density at radius 3 is 2.68 bits per heavy atom. The lowest BCUT2D eigenvalue weighted by molar-refractivity contribution is -0.121. The molecule has 1 aliphatic carbocycles. The van der Waals surface area contributed by atoms with Gasteiger partial charge in [0.1, 0.15) is 0 Å². The van der Waals surface area contributed by atoms with Crippen LogP contribution in [0.15, 0.2) is 0 Å². The maximum atomic E-state index is 11.6. The van der Waals surface area contributed by atoms with Crippen LogP contribution in [0.4, 0.5) is 0 Å². The number of carbonyl (C=O) groups is 1. The predicted octanol–water partition coefficient (Wildman–Crippen LogP) is 2.52. The molecule has 0 heterocycles. The van der Waals surface area contributed by atoms with Gasteiger partial charge in [-0.05, 0) is 18.8 Å². The van der Waals surface area contributed by atoms with Crippen LogP contribution in [0.3, 0.4) is 0 Å². The van der Waals surface area contributed by atoms with Crippen LogP contribution in [0.1, 0.15) is 51.4 Å². The molecule has 1 N–H and O–H groups in total. The van der Waals surface area contributed by atoms with Crippen molar-refractivity contribution in [2.75, 3.05) is 33.5 Å². The Morgan fingerprint density at radius 2 is 1.95 bits per heavy atom. The number of carbonyl (C=O) groups excluding carboxylic acids is 1. The molecule has 0 aromatic rings. The van der Waals surface area contributed by atoms with Crippen molar-refractivity contribution in [1.82, 2.24) is 5.32 Å². The van der Waals surface area contributed by atoms with Crippen molar-refractivity contribution in [3.8, 4) is 0 Å². The van der Waals surface area contributed by atoms with Crippen molar-refractivity contribution in [2.45, 2.75) is 51.4 Å². The Balaban J connectivity index is 1.87. The first-order valence-electron chi connectivity index (χ1n) is 7.66.